The monoisotopic (exact) mass is 557 g/mol. The highest BCUT2D eigenvalue weighted by Gasteiger charge is 2.43. The lowest BCUT2D eigenvalue weighted by molar-refractivity contribution is -0.0342. The zero-order valence-corrected chi connectivity index (χ0v) is 23.6. The van der Waals surface area contributed by atoms with Crippen molar-refractivity contribution in [1.82, 2.24) is 24.8 Å². The van der Waals surface area contributed by atoms with Gasteiger partial charge >= 0.3 is 6.09 Å². The van der Waals surface area contributed by atoms with E-state index in [0.29, 0.717) is 55.5 Å². The molecule has 0 aromatic carbocycles. The smallest absolute Gasteiger partial charge is 0.410 e. The van der Waals surface area contributed by atoms with Crippen molar-refractivity contribution >= 4 is 33.3 Å². The molecule has 12 nitrogen and oxygen atoms in total. The van der Waals surface area contributed by atoms with E-state index in [0.717, 1.165) is 35.7 Å². The summed E-state index contributed by atoms with van der Waals surface area (Å²) in [7, 11) is -3.00. The Morgan fingerprint density at radius 2 is 1.85 bits per heavy atom. The van der Waals surface area contributed by atoms with Crippen LogP contribution in [0.25, 0.3) is 0 Å². The first-order valence-electron chi connectivity index (χ1n) is 13.4. The molecule has 0 atom stereocenters. The molecule has 0 radical (unpaired) electrons. The summed E-state index contributed by atoms with van der Waals surface area (Å²) in [6, 6.07) is 2.39. The number of carbonyl (C=O) groups is 1. The summed E-state index contributed by atoms with van der Waals surface area (Å²) in [6.07, 6.45) is 1.26. The predicted octanol–water partition coefficient (Wildman–Crippen LogP) is 2.07. The van der Waals surface area contributed by atoms with E-state index in [1.54, 1.807) is 4.90 Å². The van der Waals surface area contributed by atoms with Gasteiger partial charge in [0.15, 0.2) is 15.6 Å². The number of amides is 1. The molecule has 0 saturated carbocycles. The Morgan fingerprint density at radius 1 is 1.13 bits per heavy atom. The van der Waals surface area contributed by atoms with Gasteiger partial charge in [-0.05, 0) is 33.8 Å². The number of nitrogens with zero attached hydrogens (tertiary/aromatic N) is 6. The lowest BCUT2D eigenvalue weighted by Gasteiger charge is -2.51. The number of fused-ring (bicyclic) bond motifs is 2. The first-order chi connectivity index (χ1) is 18.5. The molecule has 4 aliphatic heterocycles. The number of hydrogen-bond donors (Lipinski definition) is 1. The maximum Gasteiger partial charge on any atom is 0.410 e. The van der Waals surface area contributed by atoms with Crippen LogP contribution in [0.3, 0.4) is 0 Å². The van der Waals surface area contributed by atoms with Crippen molar-refractivity contribution < 1.29 is 22.7 Å². The fourth-order valence-corrected chi connectivity index (χ4v) is 6.64. The third-order valence-electron chi connectivity index (χ3n) is 7.70. The van der Waals surface area contributed by atoms with Crippen LogP contribution < -0.4 is 15.0 Å². The number of likely N-dealkylation sites (tertiary alicyclic amines) is 2. The molecule has 2 aromatic rings. The fourth-order valence-electron chi connectivity index (χ4n) is 5.44. The number of ether oxygens (including phenoxy) is 2. The van der Waals surface area contributed by atoms with Gasteiger partial charge in [-0.2, -0.15) is 0 Å². The summed E-state index contributed by atoms with van der Waals surface area (Å²) in [5, 5.41) is 3.44. The first kappa shape index (κ1) is 26.1. The van der Waals surface area contributed by atoms with E-state index in [-0.39, 0.29) is 24.2 Å². The molecule has 0 spiro atoms. The highest BCUT2D eigenvalue weighted by atomic mass is 32.2. The third kappa shape index (κ3) is 5.21. The zero-order valence-electron chi connectivity index (χ0n) is 22.8. The largest absolute Gasteiger partial charge is 0.485 e. The van der Waals surface area contributed by atoms with Crippen LogP contribution in [0.4, 0.5) is 22.1 Å². The number of rotatable bonds is 3. The average Bonchev–Trinajstić information content (AvgIpc) is 2.98. The predicted molar refractivity (Wildman–Crippen MR) is 145 cm³/mol. The topological polar surface area (TPSA) is 130 Å². The summed E-state index contributed by atoms with van der Waals surface area (Å²) < 4.78 is 35.5. The molecular weight excluding hydrogens is 522 g/mol. The van der Waals surface area contributed by atoms with Crippen molar-refractivity contribution in [2.24, 2.45) is 0 Å². The van der Waals surface area contributed by atoms with E-state index in [1.165, 1.54) is 6.33 Å². The molecule has 210 valence electrons. The van der Waals surface area contributed by atoms with Gasteiger partial charge in [0.05, 0.1) is 28.5 Å². The van der Waals surface area contributed by atoms with Gasteiger partial charge in [-0.1, -0.05) is 0 Å². The molecule has 6 heterocycles. The molecule has 0 aliphatic carbocycles. The van der Waals surface area contributed by atoms with Crippen LogP contribution in [0.5, 0.6) is 5.75 Å². The Balaban J connectivity index is 1.12. The van der Waals surface area contributed by atoms with Crippen LogP contribution in [-0.2, 0) is 21.2 Å². The van der Waals surface area contributed by atoms with E-state index in [2.05, 4.69) is 20.2 Å². The molecule has 39 heavy (non-hydrogen) atoms. The van der Waals surface area contributed by atoms with E-state index in [4.69, 9.17) is 14.5 Å². The van der Waals surface area contributed by atoms with Crippen LogP contribution in [-0.4, -0.2) is 102 Å². The Bertz CT molecular complexity index is 1380. The minimum Gasteiger partial charge on any atom is -0.485 e. The normalized spacial score (nSPS) is 21.4. The van der Waals surface area contributed by atoms with Crippen LogP contribution in [0, 0.1) is 6.92 Å². The van der Waals surface area contributed by atoms with Gasteiger partial charge in [0, 0.05) is 56.9 Å². The number of aryl methyl sites for hydroxylation is 1. The molecule has 13 heteroatoms. The van der Waals surface area contributed by atoms with Crippen molar-refractivity contribution in [3.8, 4) is 5.75 Å². The van der Waals surface area contributed by atoms with Crippen molar-refractivity contribution in [3.05, 3.63) is 29.3 Å². The van der Waals surface area contributed by atoms with Gasteiger partial charge in [-0.3, -0.25) is 9.88 Å². The number of sulfone groups is 1. The van der Waals surface area contributed by atoms with Gasteiger partial charge in [0.1, 0.15) is 30.2 Å². The van der Waals surface area contributed by atoms with Gasteiger partial charge in [0.2, 0.25) is 0 Å². The molecular formula is C26H35N7O5S. The molecule has 1 N–H and O–H groups in total. The Labute approximate surface area is 228 Å². The lowest BCUT2D eigenvalue weighted by atomic mass is 9.91. The summed E-state index contributed by atoms with van der Waals surface area (Å²) in [5.74, 6) is 2.58. The SMILES string of the molecule is Cc1nc(C2CN(C3CN(C(=O)OC(C)(C)C)C3)C2)cc2c1OCc1c(ncnc1N1CCS(=O)(=O)CC1)N2. The van der Waals surface area contributed by atoms with Crippen LogP contribution in [0.2, 0.25) is 0 Å². The maximum atomic E-state index is 12.2. The fraction of sp³-hybridized carbons (Fsp3) is 0.615. The first-order valence-corrected chi connectivity index (χ1v) is 15.2. The van der Waals surface area contributed by atoms with E-state index in [9.17, 15) is 13.2 Å². The van der Waals surface area contributed by atoms with Crippen molar-refractivity contribution in [2.75, 3.05) is 61.0 Å². The Morgan fingerprint density at radius 3 is 2.54 bits per heavy atom. The summed E-state index contributed by atoms with van der Waals surface area (Å²) >= 11 is 0. The molecule has 6 rings (SSSR count). The van der Waals surface area contributed by atoms with Crippen LogP contribution >= 0.6 is 0 Å². The highest BCUT2D eigenvalue weighted by molar-refractivity contribution is 7.91. The zero-order chi connectivity index (χ0) is 27.5. The van der Waals surface area contributed by atoms with E-state index < -0.39 is 15.4 Å². The molecule has 0 bridgehead atoms. The minimum atomic E-state index is -3.00. The standard InChI is InChI=1S/C26H35N7O5S/c1-16-22-21(30-23-19(14-37-22)24(28-15-27-23)31-5-7-39(35,36)8-6-31)9-20(29-16)17-10-32(11-17)18-12-33(13-18)25(34)38-26(2,3)4/h9,15,17-18H,5-8,10-14H2,1-4H3,(H,27,28,30). The number of anilines is 3. The van der Waals surface area contributed by atoms with Crippen LogP contribution in [0.15, 0.2) is 12.4 Å². The second-order valence-corrected chi connectivity index (χ2v) is 14.1. The van der Waals surface area contributed by atoms with Gasteiger partial charge in [0.25, 0.3) is 0 Å². The van der Waals surface area contributed by atoms with E-state index in [1.807, 2.05) is 38.7 Å². The van der Waals surface area contributed by atoms with Gasteiger partial charge < -0.3 is 24.6 Å². The van der Waals surface area contributed by atoms with Crippen LogP contribution in [0.1, 0.15) is 43.6 Å². The van der Waals surface area contributed by atoms with Crippen molar-refractivity contribution in [2.45, 2.75) is 51.9 Å². The maximum absolute atomic E-state index is 12.2. The molecule has 2 aromatic heterocycles. The molecule has 1 amide bonds. The van der Waals surface area contributed by atoms with Gasteiger partial charge in [-0.25, -0.2) is 23.2 Å². The van der Waals surface area contributed by atoms with Crippen molar-refractivity contribution in [1.29, 1.82) is 0 Å². The molecule has 4 aliphatic rings. The second-order valence-electron chi connectivity index (χ2n) is 11.8. The second kappa shape index (κ2) is 9.47. The lowest BCUT2D eigenvalue weighted by Crippen LogP contribution is -2.66. The molecule has 3 saturated heterocycles. The number of aromatic nitrogens is 3. The quantitative estimate of drug-likeness (QED) is 0.595. The summed E-state index contributed by atoms with van der Waals surface area (Å²) in [6.45, 7) is 11.8. The van der Waals surface area contributed by atoms with Crippen molar-refractivity contribution in [3.63, 3.8) is 0 Å². The number of hydrogen-bond acceptors (Lipinski definition) is 11. The number of pyridine rings is 1. The number of carbonyl (C=O) groups excluding carboxylic acids is 1. The minimum absolute atomic E-state index is 0.116. The van der Waals surface area contributed by atoms with Gasteiger partial charge in [-0.15, -0.1) is 0 Å². The average molecular weight is 558 g/mol. The Hall–Kier alpha value is -3.19. The third-order valence-corrected chi connectivity index (χ3v) is 9.31. The molecule has 0 unspecified atom stereocenters. The Kier molecular flexibility index (Phi) is 6.33. The highest BCUT2D eigenvalue weighted by Crippen LogP contribution is 2.40. The van der Waals surface area contributed by atoms with E-state index >= 15 is 0 Å². The summed E-state index contributed by atoms with van der Waals surface area (Å²) in [4.78, 5) is 32.2. The number of nitrogens with one attached hydrogen (secondary N) is 1. The summed E-state index contributed by atoms with van der Waals surface area (Å²) in [5.41, 5.74) is 2.95. The molecule has 3 fully saturated rings.